The van der Waals surface area contributed by atoms with Gasteiger partial charge in [0.2, 0.25) is 0 Å². The second kappa shape index (κ2) is 3.53. The van der Waals surface area contributed by atoms with Gasteiger partial charge in [-0.15, -0.1) is 9.24 Å². The Labute approximate surface area is 92.4 Å². The highest BCUT2D eigenvalue weighted by atomic mass is 31.0. The number of nitrogens with two attached hydrogens (primary N) is 1. The van der Waals surface area contributed by atoms with Crippen LogP contribution in [0.15, 0.2) is 12.2 Å². The van der Waals surface area contributed by atoms with E-state index in [9.17, 15) is 5.11 Å². The van der Waals surface area contributed by atoms with Gasteiger partial charge >= 0.3 is 0 Å². The van der Waals surface area contributed by atoms with Gasteiger partial charge in [-0.2, -0.15) is 0 Å². The lowest BCUT2D eigenvalue weighted by molar-refractivity contribution is 0.481. The average molecular weight is 221 g/mol. The number of allylic oxidation sites excluding steroid dienone is 2. The van der Waals surface area contributed by atoms with Crippen LogP contribution in [-0.4, -0.2) is 5.11 Å². The summed E-state index contributed by atoms with van der Waals surface area (Å²) in [7, 11) is 2.57. The molecule has 2 nitrogen and oxygen atoms in total. The summed E-state index contributed by atoms with van der Waals surface area (Å²) in [5, 5.41) is 10.7. The molecule has 0 aromatic heterocycles. The zero-order valence-electron chi connectivity index (χ0n) is 9.04. The Morgan fingerprint density at radius 1 is 1.53 bits per heavy atom. The molecule has 1 aromatic carbocycles. The smallest absolute Gasteiger partial charge is 0.146 e. The van der Waals surface area contributed by atoms with Gasteiger partial charge in [0, 0.05) is 5.30 Å². The lowest BCUT2D eigenvalue weighted by Gasteiger charge is -2.24. The summed E-state index contributed by atoms with van der Waals surface area (Å²) in [6.45, 7) is 4.19. The Morgan fingerprint density at radius 2 is 2.20 bits per heavy atom. The van der Waals surface area contributed by atoms with Crippen LogP contribution in [0.3, 0.4) is 0 Å². The van der Waals surface area contributed by atoms with Crippen LogP contribution in [0.25, 0.3) is 0 Å². The maximum atomic E-state index is 9.86. The Hall–Kier alpha value is -1.01. The molecular weight excluding hydrogens is 205 g/mol. The van der Waals surface area contributed by atoms with Gasteiger partial charge in [-0.25, -0.2) is 0 Å². The Kier molecular flexibility index (Phi) is 2.47. The maximum Gasteiger partial charge on any atom is 0.146 e. The first-order chi connectivity index (χ1) is 7.04. The number of benzene rings is 1. The van der Waals surface area contributed by atoms with E-state index in [1.165, 1.54) is 5.56 Å². The number of phenolic OH excluding ortho intramolecular Hbond substituents is 1. The second-order valence-electron chi connectivity index (χ2n) is 4.11. The van der Waals surface area contributed by atoms with Gasteiger partial charge in [0.05, 0.1) is 5.69 Å². The van der Waals surface area contributed by atoms with E-state index in [0.717, 1.165) is 22.9 Å². The molecule has 0 spiro atoms. The summed E-state index contributed by atoms with van der Waals surface area (Å²) in [5.74, 6) is 0.606. The van der Waals surface area contributed by atoms with Crippen LogP contribution in [0.1, 0.15) is 29.5 Å². The third-order valence-electron chi connectivity index (χ3n) is 3.17. The predicted octanol–water partition coefficient (Wildman–Crippen LogP) is 2.00. The fraction of sp³-hybridized carbons (Fsp3) is 0.333. The van der Waals surface area contributed by atoms with Crippen molar-refractivity contribution in [2.24, 2.45) is 0 Å². The molecule has 15 heavy (non-hydrogen) atoms. The number of anilines is 1. The van der Waals surface area contributed by atoms with Crippen molar-refractivity contribution in [2.45, 2.75) is 26.2 Å². The molecule has 2 atom stereocenters. The number of aromatic hydroxyl groups is 1. The molecule has 2 unspecified atom stereocenters. The third-order valence-corrected chi connectivity index (χ3v) is 3.88. The topological polar surface area (TPSA) is 46.2 Å². The van der Waals surface area contributed by atoms with Crippen LogP contribution in [0, 0.1) is 6.92 Å². The predicted molar refractivity (Wildman–Crippen MR) is 67.9 cm³/mol. The van der Waals surface area contributed by atoms with E-state index in [1.807, 2.05) is 6.92 Å². The van der Waals surface area contributed by atoms with Crippen LogP contribution < -0.4 is 11.0 Å². The highest BCUT2D eigenvalue weighted by Crippen LogP contribution is 2.37. The molecular formula is C12H16NOP. The molecule has 3 heteroatoms. The van der Waals surface area contributed by atoms with E-state index >= 15 is 0 Å². The normalized spacial score (nSPS) is 19.0. The van der Waals surface area contributed by atoms with E-state index in [1.54, 1.807) is 0 Å². The van der Waals surface area contributed by atoms with Crippen molar-refractivity contribution >= 4 is 20.2 Å². The maximum absolute atomic E-state index is 9.86. The van der Waals surface area contributed by atoms with Crippen molar-refractivity contribution in [3.63, 3.8) is 0 Å². The van der Waals surface area contributed by atoms with Gasteiger partial charge in [-0.05, 0) is 36.0 Å². The molecule has 1 aromatic rings. The SMILES string of the molecule is Cc1c(P)c(O)c(N)c2c1C(C)C=CC2. The molecule has 0 radical (unpaired) electrons. The molecule has 0 aliphatic heterocycles. The molecule has 0 saturated carbocycles. The molecule has 2 rings (SSSR count). The molecule has 0 bridgehead atoms. The zero-order valence-corrected chi connectivity index (χ0v) is 10.2. The summed E-state index contributed by atoms with van der Waals surface area (Å²) in [5.41, 5.74) is 9.98. The fourth-order valence-corrected chi connectivity index (χ4v) is 2.62. The van der Waals surface area contributed by atoms with Crippen molar-refractivity contribution in [1.29, 1.82) is 0 Å². The Balaban J connectivity index is 2.78. The minimum absolute atomic E-state index is 0.221. The molecule has 0 amide bonds. The number of phenols is 1. The Morgan fingerprint density at radius 3 is 2.87 bits per heavy atom. The first kappa shape index (κ1) is 10.5. The van der Waals surface area contributed by atoms with Crippen LogP contribution in [0.2, 0.25) is 0 Å². The fourth-order valence-electron chi connectivity index (χ4n) is 2.30. The summed E-state index contributed by atoms with van der Waals surface area (Å²) < 4.78 is 0. The van der Waals surface area contributed by atoms with E-state index in [2.05, 4.69) is 28.3 Å². The van der Waals surface area contributed by atoms with Crippen molar-refractivity contribution < 1.29 is 5.11 Å². The molecule has 0 heterocycles. The summed E-state index contributed by atoms with van der Waals surface area (Å²) in [6, 6.07) is 0. The molecule has 3 N–H and O–H groups in total. The lowest BCUT2D eigenvalue weighted by atomic mass is 9.84. The number of hydrogen-bond acceptors (Lipinski definition) is 2. The zero-order chi connectivity index (χ0) is 11.2. The van der Waals surface area contributed by atoms with Crippen LogP contribution in [0.5, 0.6) is 5.75 Å². The molecule has 80 valence electrons. The number of fused-ring (bicyclic) bond motifs is 1. The number of hydrogen-bond donors (Lipinski definition) is 2. The first-order valence-electron chi connectivity index (χ1n) is 5.10. The van der Waals surface area contributed by atoms with E-state index in [-0.39, 0.29) is 5.75 Å². The summed E-state index contributed by atoms with van der Waals surface area (Å²) >= 11 is 0. The van der Waals surface area contributed by atoms with Crippen molar-refractivity contribution in [3.8, 4) is 5.75 Å². The van der Waals surface area contributed by atoms with E-state index in [4.69, 9.17) is 5.73 Å². The number of rotatable bonds is 0. The minimum atomic E-state index is 0.221. The summed E-state index contributed by atoms with van der Waals surface area (Å²) in [6.07, 6.45) is 5.13. The molecule has 0 fully saturated rings. The van der Waals surface area contributed by atoms with Gasteiger partial charge in [0.25, 0.3) is 0 Å². The quantitative estimate of drug-likeness (QED) is 0.304. The molecule has 1 aliphatic carbocycles. The Bertz CT molecular complexity index is 452. The minimum Gasteiger partial charge on any atom is -0.505 e. The van der Waals surface area contributed by atoms with Gasteiger partial charge in [-0.3, -0.25) is 0 Å². The van der Waals surface area contributed by atoms with Crippen molar-refractivity contribution in [3.05, 3.63) is 28.8 Å². The van der Waals surface area contributed by atoms with Crippen LogP contribution in [0.4, 0.5) is 5.69 Å². The van der Waals surface area contributed by atoms with Gasteiger partial charge in [0.15, 0.2) is 0 Å². The van der Waals surface area contributed by atoms with Crippen molar-refractivity contribution in [1.82, 2.24) is 0 Å². The van der Waals surface area contributed by atoms with Crippen molar-refractivity contribution in [2.75, 3.05) is 5.73 Å². The third kappa shape index (κ3) is 1.44. The molecule has 0 saturated heterocycles. The first-order valence-corrected chi connectivity index (χ1v) is 5.67. The molecule has 1 aliphatic rings. The second-order valence-corrected chi connectivity index (χ2v) is 4.69. The standard InChI is InChI=1S/C12H16NOP/c1-6-4-3-5-8-9(6)7(2)12(15)11(14)10(8)13/h3-4,6,14H,5,13,15H2,1-2H3. The number of nitrogen functional groups attached to an aromatic ring is 1. The average Bonchev–Trinajstić information content (AvgIpc) is 2.23. The van der Waals surface area contributed by atoms with E-state index in [0.29, 0.717) is 11.6 Å². The largest absolute Gasteiger partial charge is 0.505 e. The van der Waals surface area contributed by atoms with Gasteiger partial charge < -0.3 is 10.8 Å². The summed E-state index contributed by atoms with van der Waals surface area (Å²) in [4.78, 5) is 0. The highest BCUT2D eigenvalue weighted by molar-refractivity contribution is 7.28. The van der Waals surface area contributed by atoms with E-state index < -0.39 is 0 Å². The highest BCUT2D eigenvalue weighted by Gasteiger charge is 2.21. The van der Waals surface area contributed by atoms with Crippen LogP contribution in [-0.2, 0) is 6.42 Å². The van der Waals surface area contributed by atoms with Gasteiger partial charge in [0.1, 0.15) is 5.75 Å². The lowest BCUT2D eigenvalue weighted by Crippen LogP contribution is -2.14. The van der Waals surface area contributed by atoms with Gasteiger partial charge in [-0.1, -0.05) is 19.1 Å². The monoisotopic (exact) mass is 221 g/mol. The van der Waals surface area contributed by atoms with Crippen LogP contribution >= 0.6 is 9.24 Å².